The number of nitrogens with zero attached hydrogens (tertiary/aromatic N) is 1. The lowest BCUT2D eigenvalue weighted by molar-refractivity contribution is 0.208. The summed E-state index contributed by atoms with van der Waals surface area (Å²) in [7, 11) is 0. The molecule has 1 aromatic heterocycles. The van der Waals surface area contributed by atoms with E-state index in [0.29, 0.717) is 6.04 Å². The molecule has 1 atom stereocenters. The van der Waals surface area contributed by atoms with E-state index < -0.39 is 0 Å². The van der Waals surface area contributed by atoms with Crippen molar-refractivity contribution < 1.29 is 0 Å². The van der Waals surface area contributed by atoms with Crippen molar-refractivity contribution in [1.82, 2.24) is 10.2 Å². The van der Waals surface area contributed by atoms with Gasteiger partial charge in [-0.1, -0.05) is 6.92 Å². The molecular weight excluding hydrogens is 216 g/mol. The lowest BCUT2D eigenvalue weighted by atomic mass is 10.1. The van der Waals surface area contributed by atoms with Crippen LogP contribution in [-0.2, 0) is 0 Å². The first-order valence-corrected chi connectivity index (χ1v) is 7.14. The van der Waals surface area contributed by atoms with Crippen molar-refractivity contribution in [1.29, 1.82) is 0 Å². The van der Waals surface area contributed by atoms with Crippen molar-refractivity contribution in [3.05, 3.63) is 21.9 Å². The van der Waals surface area contributed by atoms with Crippen molar-refractivity contribution in [3.8, 4) is 0 Å². The molecule has 0 spiro atoms. The molecule has 2 heterocycles. The van der Waals surface area contributed by atoms with E-state index in [1.54, 1.807) is 4.88 Å². The highest BCUT2D eigenvalue weighted by Gasteiger charge is 2.20. The van der Waals surface area contributed by atoms with Gasteiger partial charge in [-0.15, -0.1) is 11.3 Å². The van der Waals surface area contributed by atoms with Gasteiger partial charge in [0.15, 0.2) is 0 Å². The molecule has 2 rings (SSSR count). The van der Waals surface area contributed by atoms with E-state index in [4.69, 9.17) is 0 Å². The predicted molar refractivity (Wildman–Crippen MR) is 71.1 cm³/mol. The van der Waals surface area contributed by atoms with Gasteiger partial charge in [-0.05, 0) is 38.4 Å². The Hall–Kier alpha value is -0.380. The van der Waals surface area contributed by atoms with Crippen LogP contribution in [-0.4, -0.2) is 31.1 Å². The van der Waals surface area contributed by atoms with Gasteiger partial charge < -0.3 is 5.32 Å². The Morgan fingerprint density at radius 3 is 2.94 bits per heavy atom. The minimum atomic E-state index is 0.638. The zero-order valence-electron chi connectivity index (χ0n) is 10.3. The number of thiophene rings is 1. The Balaban J connectivity index is 2.08. The van der Waals surface area contributed by atoms with Gasteiger partial charge in [-0.3, -0.25) is 4.90 Å². The molecular formula is C13H22N2S. The first-order valence-electron chi connectivity index (χ1n) is 6.32. The third-order valence-corrected chi connectivity index (χ3v) is 4.39. The molecule has 1 fully saturated rings. The summed E-state index contributed by atoms with van der Waals surface area (Å²) in [6, 6.07) is 5.20. The SMILES string of the molecule is CCC(c1ccc(C)s1)N1CCCNCC1. The second-order valence-corrected chi connectivity index (χ2v) is 5.83. The van der Waals surface area contributed by atoms with Crippen LogP contribution in [0.4, 0.5) is 0 Å². The Bertz CT molecular complexity index is 313. The van der Waals surface area contributed by atoms with Crippen LogP contribution in [0.25, 0.3) is 0 Å². The molecule has 0 bridgehead atoms. The standard InChI is InChI=1S/C13H22N2S/c1-3-12(13-6-5-11(2)16-13)15-9-4-7-14-8-10-15/h5-6,12,14H,3-4,7-10H2,1-2H3. The van der Waals surface area contributed by atoms with Crippen molar-refractivity contribution >= 4 is 11.3 Å². The summed E-state index contributed by atoms with van der Waals surface area (Å²) >= 11 is 1.96. The summed E-state index contributed by atoms with van der Waals surface area (Å²) in [5.41, 5.74) is 0. The summed E-state index contributed by atoms with van der Waals surface area (Å²) in [6.07, 6.45) is 2.50. The van der Waals surface area contributed by atoms with Gasteiger partial charge in [0.05, 0.1) is 0 Å². The monoisotopic (exact) mass is 238 g/mol. The smallest absolute Gasteiger partial charge is 0.0439 e. The van der Waals surface area contributed by atoms with E-state index in [-0.39, 0.29) is 0 Å². The van der Waals surface area contributed by atoms with Crippen molar-refractivity contribution in [2.45, 2.75) is 32.7 Å². The highest BCUT2D eigenvalue weighted by atomic mass is 32.1. The minimum absolute atomic E-state index is 0.638. The van der Waals surface area contributed by atoms with Crippen LogP contribution in [0.1, 0.15) is 35.6 Å². The van der Waals surface area contributed by atoms with Crippen LogP contribution >= 0.6 is 11.3 Å². The van der Waals surface area contributed by atoms with Crippen molar-refractivity contribution in [2.75, 3.05) is 26.2 Å². The molecule has 2 nitrogen and oxygen atoms in total. The third kappa shape index (κ3) is 2.84. The predicted octanol–water partition coefficient (Wildman–Crippen LogP) is 2.80. The van der Waals surface area contributed by atoms with Gasteiger partial charge in [0, 0.05) is 35.4 Å². The summed E-state index contributed by atoms with van der Waals surface area (Å²) in [5, 5.41) is 3.47. The molecule has 0 radical (unpaired) electrons. The first kappa shape index (κ1) is 12.1. The number of nitrogens with one attached hydrogen (secondary N) is 1. The van der Waals surface area contributed by atoms with Crippen molar-refractivity contribution in [3.63, 3.8) is 0 Å². The second-order valence-electron chi connectivity index (χ2n) is 4.51. The Morgan fingerprint density at radius 1 is 1.38 bits per heavy atom. The number of hydrogen-bond donors (Lipinski definition) is 1. The van der Waals surface area contributed by atoms with Crippen LogP contribution in [0.3, 0.4) is 0 Å². The molecule has 1 aliphatic heterocycles. The maximum absolute atomic E-state index is 3.47. The third-order valence-electron chi connectivity index (χ3n) is 3.29. The molecule has 16 heavy (non-hydrogen) atoms. The van der Waals surface area contributed by atoms with E-state index in [0.717, 1.165) is 6.54 Å². The Kier molecular flexibility index (Phi) is 4.38. The Morgan fingerprint density at radius 2 is 2.25 bits per heavy atom. The normalized spacial score (nSPS) is 20.6. The second kappa shape index (κ2) is 5.80. The highest BCUT2D eigenvalue weighted by Crippen LogP contribution is 2.30. The number of aryl methyl sites for hydroxylation is 1. The maximum atomic E-state index is 3.47. The molecule has 1 aromatic rings. The highest BCUT2D eigenvalue weighted by molar-refractivity contribution is 7.12. The fraction of sp³-hybridized carbons (Fsp3) is 0.692. The van der Waals surface area contributed by atoms with Gasteiger partial charge in [0.2, 0.25) is 0 Å². The quantitative estimate of drug-likeness (QED) is 0.871. The van der Waals surface area contributed by atoms with Gasteiger partial charge in [-0.25, -0.2) is 0 Å². The molecule has 1 saturated heterocycles. The fourth-order valence-corrected chi connectivity index (χ4v) is 3.55. The molecule has 90 valence electrons. The van der Waals surface area contributed by atoms with Gasteiger partial charge >= 0.3 is 0 Å². The van der Waals surface area contributed by atoms with E-state index in [9.17, 15) is 0 Å². The van der Waals surface area contributed by atoms with E-state index in [2.05, 4.69) is 36.2 Å². The number of rotatable bonds is 3. The summed E-state index contributed by atoms with van der Waals surface area (Å²) < 4.78 is 0. The lowest BCUT2D eigenvalue weighted by Crippen LogP contribution is -2.31. The van der Waals surface area contributed by atoms with Crippen LogP contribution in [0.2, 0.25) is 0 Å². The molecule has 0 aromatic carbocycles. The largest absolute Gasteiger partial charge is 0.315 e. The topological polar surface area (TPSA) is 15.3 Å². The molecule has 3 heteroatoms. The Labute approximate surface area is 103 Å². The molecule has 1 N–H and O–H groups in total. The van der Waals surface area contributed by atoms with Crippen LogP contribution in [0.15, 0.2) is 12.1 Å². The zero-order chi connectivity index (χ0) is 11.4. The van der Waals surface area contributed by atoms with Gasteiger partial charge in [0.25, 0.3) is 0 Å². The van der Waals surface area contributed by atoms with Crippen LogP contribution in [0.5, 0.6) is 0 Å². The molecule has 0 aliphatic carbocycles. The molecule has 1 aliphatic rings. The van der Waals surface area contributed by atoms with Crippen molar-refractivity contribution in [2.24, 2.45) is 0 Å². The average molecular weight is 238 g/mol. The van der Waals surface area contributed by atoms with E-state index >= 15 is 0 Å². The number of hydrogen-bond acceptors (Lipinski definition) is 3. The lowest BCUT2D eigenvalue weighted by Gasteiger charge is -2.28. The van der Waals surface area contributed by atoms with Gasteiger partial charge in [-0.2, -0.15) is 0 Å². The minimum Gasteiger partial charge on any atom is -0.315 e. The summed E-state index contributed by atoms with van der Waals surface area (Å²) in [5.74, 6) is 0. The van der Waals surface area contributed by atoms with Crippen LogP contribution in [0, 0.1) is 6.92 Å². The molecule has 0 amide bonds. The van der Waals surface area contributed by atoms with E-state index in [1.807, 2.05) is 11.3 Å². The summed E-state index contributed by atoms with van der Waals surface area (Å²) in [6.45, 7) is 9.25. The molecule has 1 unspecified atom stereocenters. The fourth-order valence-electron chi connectivity index (χ4n) is 2.45. The summed E-state index contributed by atoms with van der Waals surface area (Å²) in [4.78, 5) is 5.62. The maximum Gasteiger partial charge on any atom is 0.0439 e. The van der Waals surface area contributed by atoms with Gasteiger partial charge in [0.1, 0.15) is 0 Å². The zero-order valence-corrected chi connectivity index (χ0v) is 11.1. The average Bonchev–Trinajstić information content (AvgIpc) is 2.55. The van der Waals surface area contributed by atoms with Crippen LogP contribution < -0.4 is 5.32 Å². The first-order chi connectivity index (χ1) is 7.81. The molecule has 0 saturated carbocycles. The van der Waals surface area contributed by atoms with E-state index in [1.165, 1.54) is 37.4 Å².